The van der Waals surface area contributed by atoms with Crippen LogP contribution in [0.1, 0.15) is 53.1 Å². The first kappa shape index (κ1) is 15.4. The summed E-state index contributed by atoms with van der Waals surface area (Å²) in [6.45, 7) is 4.06. The summed E-state index contributed by atoms with van der Waals surface area (Å²) in [4.78, 5) is 12.2. The van der Waals surface area contributed by atoms with Crippen LogP contribution >= 0.6 is 0 Å². The van der Waals surface area contributed by atoms with Gasteiger partial charge in [0.05, 0.1) is 0 Å². The third-order valence-electron chi connectivity index (χ3n) is 4.75. The Kier molecular flexibility index (Phi) is 4.17. The Morgan fingerprint density at radius 2 is 1.95 bits per heavy atom. The molecular formula is C17H22F2N2O. The average molecular weight is 308 g/mol. The van der Waals surface area contributed by atoms with Crippen LogP contribution in [0.2, 0.25) is 0 Å². The van der Waals surface area contributed by atoms with Gasteiger partial charge in [-0.15, -0.1) is 0 Å². The van der Waals surface area contributed by atoms with Crippen LogP contribution in [0.25, 0.3) is 0 Å². The van der Waals surface area contributed by atoms with Crippen LogP contribution in [0.5, 0.6) is 0 Å². The summed E-state index contributed by atoms with van der Waals surface area (Å²) in [7, 11) is 0. The quantitative estimate of drug-likeness (QED) is 0.901. The summed E-state index contributed by atoms with van der Waals surface area (Å²) in [6, 6.07) is 5.29. The van der Waals surface area contributed by atoms with Gasteiger partial charge in [-0.2, -0.15) is 0 Å². The molecule has 2 fully saturated rings. The molecule has 1 aliphatic heterocycles. The van der Waals surface area contributed by atoms with Crippen molar-refractivity contribution < 1.29 is 13.6 Å². The Hall–Kier alpha value is -1.49. The van der Waals surface area contributed by atoms with E-state index in [2.05, 4.69) is 17.6 Å². The molecule has 1 heterocycles. The van der Waals surface area contributed by atoms with Crippen molar-refractivity contribution >= 4 is 5.91 Å². The number of hydrogen-bond acceptors (Lipinski definition) is 2. The first-order valence-electron chi connectivity index (χ1n) is 7.94. The van der Waals surface area contributed by atoms with Gasteiger partial charge in [-0.3, -0.25) is 4.79 Å². The van der Waals surface area contributed by atoms with Crippen molar-refractivity contribution in [1.82, 2.24) is 10.6 Å². The molecule has 5 heteroatoms. The van der Waals surface area contributed by atoms with E-state index in [9.17, 15) is 13.6 Å². The first-order chi connectivity index (χ1) is 10.4. The number of benzene rings is 1. The summed E-state index contributed by atoms with van der Waals surface area (Å²) in [5, 5.41) is 6.05. The summed E-state index contributed by atoms with van der Waals surface area (Å²) in [5.41, 5.74) is 2.99. The smallest absolute Gasteiger partial charge is 0.252 e. The van der Waals surface area contributed by atoms with Gasteiger partial charge >= 0.3 is 0 Å². The van der Waals surface area contributed by atoms with Crippen molar-refractivity contribution in [3.63, 3.8) is 0 Å². The zero-order valence-electron chi connectivity index (χ0n) is 12.8. The van der Waals surface area contributed by atoms with E-state index in [1.165, 1.54) is 11.1 Å². The van der Waals surface area contributed by atoms with Crippen molar-refractivity contribution in [3.05, 3.63) is 34.9 Å². The lowest BCUT2D eigenvalue weighted by Crippen LogP contribution is -2.50. The summed E-state index contributed by atoms with van der Waals surface area (Å²) >= 11 is 0. The summed E-state index contributed by atoms with van der Waals surface area (Å²) in [6.07, 6.45) is 1.65. The highest BCUT2D eigenvalue weighted by molar-refractivity contribution is 5.94. The van der Waals surface area contributed by atoms with E-state index < -0.39 is 12.0 Å². The normalized spacial score (nSPS) is 22.1. The van der Waals surface area contributed by atoms with E-state index in [-0.39, 0.29) is 18.7 Å². The minimum Gasteiger partial charge on any atom is -0.349 e. The maximum absolute atomic E-state index is 12.8. The van der Waals surface area contributed by atoms with Crippen LogP contribution in [0, 0.1) is 6.92 Å². The molecule has 0 atom stereocenters. The molecule has 1 saturated heterocycles. The van der Waals surface area contributed by atoms with Gasteiger partial charge in [0.15, 0.2) is 0 Å². The third-order valence-corrected chi connectivity index (χ3v) is 4.75. The highest BCUT2D eigenvalue weighted by Crippen LogP contribution is 2.37. The van der Waals surface area contributed by atoms with E-state index in [4.69, 9.17) is 0 Å². The van der Waals surface area contributed by atoms with E-state index >= 15 is 0 Å². The highest BCUT2D eigenvalue weighted by Gasteiger charge is 2.45. The van der Waals surface area contributed by atoms with Crippen LogP contribution in [0.3, 0.4) is 0 Å². The molecule has 0 bridgehead atoms. The Balaban J connectivity index is 1.69. The SMILES string of the molecule is Cc1ccc(C(=O)NC2CC(F)(F)C2)cc1C1CCNCC1. The molecule has 1 aliphatic carbocycles. The van der Waals surface area contributed by atoms with Crippen molar-refractivity contribution in [2.24, 2.45) is 0 Å². The van der Waals surface area contributed by atoms with E-state index in [0.29, 0.717) is 11.5 Å². The molecule has 3 rings (SSSR count). The summed E-state index contributed by atoms with van der Waals surface area (Å²) in [5.74, 6) is -2.37. The molecule has 2 aliphatic rings. The fourth-order valence-corrected chi connectivity index (χ4v) is 3.39. The lowest BCUT2D eigenvalue weighted by Gasteiger charge is -2.35. The molecule has 0 aromatic heterocycles. The van der Waals surface area contributed by atoms with Gasteiger partial charge in [0.25, 0.3) is 11.8 Å². The Bertz CT molecular complexity index is 560. The van der Waals surface area contributed by atoms with Crippen LogP contribution in [0.4, 0.5) is 8.78 Å². The Labute approximate surface area is 129 Å². The molecular weight excluding hydrogens is 286 g/mol. The molecule has 0 radical (unpaired) electrons. The van der Waals surface area contributed by atoms with E-state index in [0.717, 1.165) is 25.9 Å². The van der Waals surface area contributed by atoms with Crippen molar-refractivity contribution in [3.8, 4) is 0 Å². The predicted octanol–water partition coefficient (Wildman–Crippen LogP) is 2.99. The van der Waals surface area contributed by atoms with Crippen LogP contribution in [0.15, 0.2) is 18.2 Å². The number of rotatable bonds is 3. The maximum Gasteiger partial charge on any atom is 0.252 e. The monoisotopic (exact) mass is 308 g/mol. The Morgan fingerprint density at radius 1 is 1.27 bits per heavy atom. The number of piperidine rings is 1. The topological polar surface area (TPSA) is 41.1 Å². The fourth-order valence-electron chi connectivity index (χ4n) is 3.39. The van der Waals surface area contributed by atoms with Crippen LogP contribution < -0.4 is 10.6 Å². The minimum absolute atomic E-state index is 0.240. The number of carbonyl (C=O) groups excluding carboxylic acids is 1. The second kappa shape index (κ2) is 5.95. The van der Waals surface area contributed by atoms with Crippen LogP contribution in [-0.2, 0) is 0 Å². The zero-order valence-corrected chi connectivity index (χ0v) is 12.8. The number of alkyl halides is 2. The largest absolute Gasteiger partial charge is 0.349 e. The second-order valence-electron chi connectivity index (χ2n) is 6.53. The number of nitrogens with one attached hydrogen (secondary N) is 2. The molecule has 1 amide bonds. The molecule has 1 aromatic carbocycles. The van der Waals surface area contributed by atoms with Gasteiger partial charge in [-0.05, 0) is 62.0 Å². The molecule has 0 unspecified atom stereocenters. The third kappa shape index (κ3) is 3.29. The van der Waals surface area contributed by atoms with E-state index in [1.807, 2.05) is 12.1 Å². The molecule has 2 N–H and O–H groups in total. The molecule has 1 saturated carbocycles. The number of aryl methyl sites for hydroxylation is 1. The molecule has 3 nitrogen and oxygen atoms in total. The van der Waals surface area contributed by atoms with Crippen LogP contribution in [-0.4, -0.2) is 31.0 Å². The van der Waals surface area contributed by atoms with Gasteiger partial charge in [0.2, 0.25) is 0 Å². The van der Waals surface area contributed by atoms with Crippen molar-refractivity contribution in [2.45, 2.75) is 50.5 Å². The molecule has 22 heavy (non-hydrogen) atoms. The lowest BCUT2D eigenvalue weighted by molar-refractivity contribution is -0.0901. The molecule has 0 spiro atoms. The molecule has 1 aromatic rings. The number of amides is 1. The Morgan fingerprint density at radius 3 is 2.59 bits per heavy atom. The zero-order chi connectivity index (χ0) is 15.7. The number of hydrogen-bond donors (Lipinski definition) is 2. The fraction of sp³-hybridized carbons (Fsp3) is 0.588. The molecule has 120 valence electrons. The lowest BCUT2D eigenvalue weighted by atomic mass is 9.86. The van der Waals surface area contributed by atoms with Crippen molar-refractivity contribution in [2.75, 3.05) is 13.1 Å². The predicted molar refractivity (Wildman–Crippen MR) is 81.5 cm³/mol. The van der Waals surface area contributed by atoms with Gasteiger partial charge < -0.3 is 10.6 Å². The summed E-state index contributed by atoms with van der Waals surface area (Å²) < 4.78 is 25.7. The number of halogens is 2. The standard InChI is InChI=1S/C17H22F2N2O/c1-11-2-3-13(8-15(11)12-4-6-20-7-5-12)16(22)21-14-9-17(18,19)10-14/h2-3,8,12,14,20H,4-7,9-10H2,1H3,(H,21,22). The van der Waals surface area contributed by atoms with E-state index in [1.54, 1.807) is 6.07 Å². The van der Waals surface area contributed by atoms with Gasteiger partial charge in [0.1, 0.15) is 0 Å². The van der Waals surface area contributed by atoms with Crippen molar-refractivity contribution in [1.29, 1.82) is 0 Å². The average Bonchev–Trinajstić information content (AvgIpc) is 2.46. The van der Waals surface area contributed by atoms with Gasteiger partial charge in [-0.1, -0.05) is 6.07 Å². The first-order valence-corrected chi connectivity index (χ1v) is 7.94. The van der Waals surface area contributed by atoms with Gasteiger partial charge in [0, 0.05) is 24.4 Å². The second-order valence-corrected chi connectivity index (χ2v) is 6.53. The minimum atomic E-state index is -2.61. The number of carbonyl (C=O) groups is 1. The maximum atomic E-state index is 12.8. The van der Waals surface area contributed by atoms with Gasteiger partial charge in [-0.25, -0.2) is 8.78 Å². The highest BCUT2D eigenvalue weighted by atomic mass is 19.3.